The van der Waals surface area contributed by atoms with E-state index in [0.717, 1.165) is 6.07 Å². The van der Waals surface area contributed by atoms with Gasteiger partial charge in [0.25, 0.3) is 0 Å². The van der Waals surface area contributed by atoms with E-state index >= 15 is 0 Å². The number of halogens is 5. The first-order chi connectivity index (χ1) is 8.75. The largest absolute Gasteiger partial charge is 0.466 e. The van der Waals surface area contributed by atoms with Crippen LogP contribution in [0.1, 0.15) is 30.5 Å². The third-order valence-electron chi connectivity index (χ3n) is 2.41. The van der Waals surface area contributed by atoms with Gasteiger partial charge in [0.1, 0.15) is 0 Å². The fourth-order valence-corrected chi connectivity index (χ4v) is 1.78. The minimum Gasteiger partial charge on any atom is -0.466 e. The summed E-state index contributed by atoms with van der Waals surface area (Å²) in [6.07, 6.45) is -4.90. The number of benzene rings is 1. The fourth-order valence-electron chi connectivity index (χ4n) is 1.61. The van der Waals surface area contributed by atoms with E-state index in [1.807, 2.05) is 0 Å². The maximum Gasteiger partial charge on any atom is 0.416 e. The van der Waals surface area contributed by atoms with Crippen LogP contribution in [0.2, 0.25) is 5.02 Å². The van der Waals surface area contributed by atoms with Crippen LogP contribution < -0.4 is 5.73 Å². The highest BCUT2D eigenvalue weighted by Crippen LogP contribution is 2.36. The van der Waals surface area contributed by atoms with Crippen molar-refractivity contribution in [2.45, 2.75) is 25.6 Å². The molecule has 1 aromatic carbocycles. The summed E-state index contributed by atoms with van der Waals surface area (Å²) < 4.78 is 43.2. The van der Waals surface area contributed by atoms with Crippen LogP contribution >= 0.6 is 24.0 Å². The topological polar surface area (TPSA) is 52.3 Å². The standard InChI is InChI=1S/C12H13ClF3NO2.ClH/c1-2-19-11(18)6-10(17)8-4-3-7(13)5-9(8)12(14,15)16;/h3-5,10H,2,6,17H2,1H3;1H/t10-;/m1./s1. The first kappa shape index (κ1) is 19.0. The Morgan fingerprint density at radius 3 is 2.55 bits per heavy atom. The Kier molecular flexibility index (Phi) is 7.33. The summed E-state index contributed by atoms with van der Waals surface area (Å²) in [6, 6.07) is 2.18. The van der Waals surface area contributed by atoms with Gasteiger partial charge in [0, 0.05) is 11.1 Å². The number of carbonyl (C=O) groups is 1. The Labute approximate surface area is 125 Å². The van der Waals surface area contributed by atoms with Gasteiger partial charge >= 0.3 is 12.1 Å². The van der Waals surface area contributed by atoms with Gasteiger partial charge < -0.3 is 10.5 Å². The highest BCUT2D eigenvalue weighted by molar-refractivity contribution is 6.30. The molecule has 0 saturated carbocycles. The second-order valence-corrected chi connectivity index (χ2v) is 4.28. The van der Waals surface area contributed by atoms with Crippen molar-refractivity contribution >= 4 is 30.0 Å². The van der Waals surface area contributed by atoms with Crippen molar-refractivity contribution in [3.8, 4) is 0 Å². The van der Waals surface area contributed by atoms with Crippen molar-refractivity contribution in [2.75, 3.05) is 6.61 Å². The van der Waals surface area contributed by atoms with Gasteiger partial charge in [-0.1, -0.05) is 17.7 Å². The summed E-state index contributed by atoms with van der Waals surface area (Å²) in [7, 11) is 0. The van der Waals surface area contributed by atoms with Crippen molar-refractivity contribution in [1.82, 2.24) is 0 Å². The lowest BCUT2D eigenvalue weighted by atomic mass is 9.98. The predicted octanol–water partition coefficient (Wildman–Crippen LogP) is 3.73. The Balaban J connectivity index is 0.00000361. The molecule has 1 rings (SSSR count). The molecule has 0 radical (unpaired) electrons. The molecular formula is C12H14Cl2F3NO2. The van der Waals surface area contributed by atoms with Gasteiger partial charge in [-0.15, -0.1) is 12.4 Å². The van der Waals surface area contributed by atoms with Crippen LogP contribution in [0.15, 0.2) is 18.2 Å². The van der Waals surface area contributed by atoms with E-state index in [1.54, 1.807) is 6.92 Å². The van der Waals surface area contributed by atoms with Crippen LogP contribution in [0.4, 0.5) is 13.2 Å². The number of rotatable bonds is 4. The Morgan fingerprint density at radius 2 is 2.05 bits per heavy atom. The van der Waals surface area contributed by atoms with Gasteiger partial charge in [-0.2, -0.15) is 13.2 Å². The monoisotopic (exact) mass is 331 g/mol. The molecule has 1 atom stereocenters. The van der Waals surface area contributed by atoms with E-state index in [9.17, 15) is 18.0 Å². The van der Waals surface area contributed by atoms with E-state index in [4.69, 9.17) is 17.3 Å². The zero-order valence-corrected chi connectivity index (χ0v) is 12.1. The van der Waals surface area contributed by atoms with Crippen molar-refractivity contribution in [3.63, 3.8) is 0 Å². The van der Waals surface area contributed by atoms with Crippen molar-refractivity contribution in [3.05, 3.63) is 34.3 Å². The zero-order chi connectivity index (χ0) is 14.6. The first-order valence-electron chi connectivity index (χ1n) is 5.53. The molecular weight excluding hydrogens is 318 g/mol. The zero-order valence-electron chi connectivity index (χ0n) is 10.5. The van der Waals surface area contributed by atoms with Crippen molar-refractivity contribution in [1.29, 1.82) is 0 Å². The smallest absolute Gasteiger partial charge is 0.416 e. The molecule has 1 aromatic rings. The second-order valence-electron chi connectivity index (χ2n) is 3.84. The number of hydrogen-bond donors (Lipinski definition) is 1. The fraction of sp³-hybridized carbons (Fsp3) is 0.417. The quantitative estimate of drug-likeness (QED) is 0.855. The minimum atomic E-state index is -4.58. The van der Waals surface area contributed by atoms with E-state index < -0.39 is 23.8 Å². The maximum atomic E-state index is 12.8. The van der Waals surface area contributed by atoms with E-state index in [2.05, 4.69) is 4.74 Å². The third kappa shape index (κ3) is 5.19. The van der Waals surface area contributed by atoms with E-state index in [-0.39, 0.29) is 36.0 Å². The van der Waals surface area contributed by atoms with Crippen LogP contribution in [0.3, 0.4) is 0 Å². The normalized spacial score (nSPS) is 12.5. The lowest BCUT2D eigenvalue weighted by Gasteiger charge is -2.18. The summed E-state index contributed by atoms with van der Waals surface area (Å²) in [6.45, 7) is 1.76. The molecule has 0 aliphatic carbocycles. The Hall–Kier alpha value is -0.980. The molecule has 114 valence electrons. The average molecular weight is 332 g/mol. The molecule has 0 unspecified atom stereocenters. The number of ether oxygens (including phenoxy) is 1. The number of esters is 1. The highest BCUT2D eigenvalue weighted by Gasteiger charge is 2.35. The van der Waals surface area contributed by atoms with Crippen LogP contribution in [0, 0.1) is 0 Å². The van der Waals surface area contributed by atoms with Crippen LogP contribution in [0.25, 0.3) is 0 Å². The van der Waals surface area contributed by atoms with Gasteiger partial charge in [0.15, 0.2) is 0 Å². The number of alkyl halides is 3. The minimum absolute atomic E-state index is 0. The average Bonchev–Trinajstić information content (AvgIpc) is 2.27. The predicted molar refractivity (Wildman–Crippen MR) is 71.9 cm³/mol. The van der Waals surface area contributed by atoms with Gasteiger partial charge in [0.05, 0.1) is 18.6 Å². The molecule has 0 bridgehead atoms. The molecule has 0 saturated heterocycles. The molecule has 0 spiro atoms. The van der Waals surface area contributed by atoms with Gasteiger partial charge in [-0.3, -0.25) is 4.79 Å². The third-order valence-corrected chi connectivity index (χ3v) is 2.65. The number of hydrogen-bond acceptors (Lipinski definition) is 3. The molecule has 0 heterocycles. The first-order valence-corrected chi connectivity index (χ1v) is 5.91. The Morgan fingerprint density at radius 1 is 1.45 bits per heavy atom. The summed E-state index contributed by atoms with van der Waals surface area (Å²) in [5.41, 5.74) is 4.52. The number of nitrogens with two attached hydrogens (primary N) is 1. The highest BCUT2D eigenvalue weighted by atomic mass is 35.5. The van der Waals surface area contributed by atoms with Crippen LogP contribution in [0.5, 0.6) is 0 Å². The molecule has 2 N–H and O–H groups in total. The molecule has 20 heavy (non-hydrogen) atoms. The summed E-state index contributed by atoms with van der Waals surface area (Å²) in [5, 5.41) is -0.0422. The molecule has 0 aliphatic rings. The second kappa shape index (κ2) is 7.71. The molecule has 0 aliphatic heterocycles. The summed E-state index contributed by atoms with van der Waals surface area (Å²) >= 11 is 5.55. The number of carbonyl (C=O) groups excluding carboxylic acids is 1. The lowest BCUT2D eigenvalue weighted by Crippen LogP contribution is -2.21. The molecule has 0 aromatic heterocycles. The lowest BCUT2D eigenvalue weighted by molar-refractivity contribution is -0.144. The van der Waals surface area contributed by atoms with Gasteiger partial charge in [-0.05, 0) is 24.6 Å². The van der Waals surface area contributed by atoms with E-state index in [0.29, 0.717) is 0 Å². The van der Waals surface area contributed by atoms with Crippen LogP contribution in [-0.2, 0) is 15.7 Å². The summed E-state index contributed by atoms with van der Waals surface area (Å²) in [5.74, 6) is -0.641. The van der Waals surface area contributed by atoms with Gasteiger partial charge in [0.2, 0.25) is 0 Å². The Bertz CT molecular complexity index is 467. The molecule has 0 fully saturated rings. The van der Waals surface area contributed by atoms with E-state index in [1.165, 1.54) is 12.1 Å². The molecule has 8 heteroatoms. The molecule has 0 amide bonds. The molecule has 3 nitrogen and oxygen atoms in total. The van der Waals surface area contributed by atoms with Crippen molar-refractivity contribution in [2.24, 2.45) is 5.73 Å². The van der Waals surface area contributed by atoms with Gasteiger partial charge in [-0.25, -0.2) is 0 Å². The van der Waals surface area contributed by atoms with Crippen LogP contribution in [-0.4, -0.2) is 12.6 Å². The van der Waals surface area contributed by atoms with Crippen molar-refractivity contribution < 1.29 is 22.7 Å². The SMILES string of the molecule is CCOC(=O)C[C@@H](N)c1ccc(Cl)cc1C(F)(F)F.Cl. The summed E-state index contributed by atoms with van der Waals surface area (Å²) in [4.78, 5) is 11.2. The maximum absolute atomic E-state index is 12.8.